The van der Waals surface area contributed by atoms with Crippen molar-refractivity contribution in [3.05, 3.63) is 41.7 Å². The average Bonchev–Trinajstić information content (AvgIpc) is 2.42. The first-order valence-corrected chi connectivity index (χ1v) is 6.44. The number of hydrogen-bond acceptors (Lipinski definition) is 2. The van der Waals surface area contributed by atoms with Crippen LogP contribution in [0.5, 0.6) is 0 Å². The molecule has 0 aromatic heterocycles. The quantitative estimate of drug-likeness (QED) is 0.781. The number of aliphatic hydroxyl groups excluding tert-OH is 1. The summed E-state index contributed by atoms with van der Waals surface area (Å²) in [4.78, 5) is 0. The number of halogens is 1. The van der Waals surface area contributed by atoms with Gasteiger partial charge >= 0.3 is 0 Å². The molecule has 0 aliphatic heterocycles. The van der Waals surface area contributed by atoms with Gasteiger partial charge in [-0.25, -0.2) is 4.39 Å². The van der Waals surface area contributed by atoms with Crippen LogP contribution in [0.2, 0.25) is 0 Å². The fourth-order valence-corrected chi connectivity index (χ4v) is 1.82. The maximum atomic E-state index is 12.7. The molecule has 100 valence electrons. The molecule has 0 amide bonds. The molecular weight excluding hydrogens is 229 g/mol. The molecule has 0 spiro atoms. The van der Waals surface area contributed by atoms with Crippen LogP contribution >= 0.6 is 0 Å². The normalized spacial score (nSPS) is 12.2. The van der Waals surface area contributed by atoms with E-state index in [1.807, 2.05) is 12.2 Å². The zero-order valence-electron chi connectivity index (χ0n) is 11.1. The van der Waals surface area contributed by atoms with Crippen molar-refractivity contribution in [2.75, 3.05) is 13.2 Å². The molecule has 0 heterocycles. The fraction of sp³-hybridized carbons (Fsp3) is 0.467. The largest absolute Gasteiger partial charge is 0.394 e. The second-order valence-corrected chi connectivity index (χ2v) is 4.48. The van der Waals surface area contributed by atoms with E-state index < -0.39 is 0 Å². The molecule has 18 heavy (non-hydrogen) atoms. The van der Waals surface area contributed by atoms with Gasteiger partial charge in [-0.05, 0) is 30.5 Å². The van der Waals surface area contributed by atoms with Crippen molar-refractivity contribution >= 4 is 6.08 Å². The van der Waals surface area contributed by atoms with Gasteiger partial charge in [0.15, 0.2) is 0 Å². The Kier molecular flexibility index (Phi) is 6.02. The fourth-order valence-electron chi connectivity index (χ4n) is 1.82. The monoisotopic (exact) mass is 251 g/mol. The lowest BCUT2D eigenvalue weighted by Gasteiger charge is -2.30. The van der Waals surface area contributed by atoms with Crippen LogP contribution in [-0.2, 0) is 0 Å². The first-order valence-electron chi connectivity index (χ1n) is 6.44. The van der Waals surface area contributed by atoms with Crippen LogP contribution in [0, 0.1) is 5.82 Å². The van der Waals surface area contributed by atoms with Gasteiger partial charge < -0.3 is 10.4 Å². The Morgan fingerprint density at radius 2 is 1.83 bits per heavy atom. The topological polar surface area (TPSA) is 32.3 Å². The SMILES string of the molecule is CCC(CC)(CO)NC/C=C/c1ccc(F)cc1. The predicted molar refractivity (Wildman–Crippen MR) is 73.8 cm³/mol. The molecule has 1 aromatic carbocycles. The minimum atomic E-state index is -0.221. The molecule has 0 saturated carbocycles. The smallest absolute Gasteiger partial charge is 0.123 e. The molecule has 0 aliphatic carbocycles. The van der Waals surface area contributed by atoms with Gasteiger partial charge in [-0.1, -0.05) is 38.1 Å². The van der Waals surface area contributed by atoms with Crippen LogP contribution in [0.1, 0.15) is 32.3 Å². The molecule has 0 unspecified atom stereocenters. The summed E-state index contributed by atoms with van der Waals surface area (Å²) in [5, 5.41) is 12.7. The Morgan fingerprint density at radius 1 is 1.22 bits per heavy atom. The molecule has 0 saturated heterocycles. The summed E-state index contributed by atoms with van der Waals surface area (Å²) in [6, 6.07) is 6.38. The zero-order chi connectivity index (χ0) is 13.4. The van der Waals surface area contributed by atoms with Gasteiger partial charge in [0.05, 0.1) is 6.61 Å². The Labute approximate surface area is 109 Å². The number of nitrogens with one attached hydrogen (secondary N) is 1. The minimum absolute atomic E-state index is 0.143. The molecule has 2 N–H and O–H groups in total. The summed E-state index contributed by atoms with van der Waals surface area (Å²) in [7, 11) is 0. The molecule has 0 bridgehead atoms. The van der Waals surface area contributed by atoms with Crippen LogP contribution in [0.4, 0.5) is 4.39 Å². The minimum Gasteiger partial charge on any atom is -0.394 e. The Bertz CT molecular complexity index is 360. The van der Waals surface area contributed by atoms with Gasteiger partial charge in [-0.3, -0.25) is 0 Å². The maximum absolute atomic E-state index is 12.7. The Hall–Kier alpha value is -1.19. The molecule has 1 aromatic rings. The van der Waals surface area contributed by atoms with Gasteiger partial charge in [0.2, 0.25) is 0 Å². The summed E-state index contributed by atoms with van der Waals surface area (Å²) in [5.74, 6) is -0.221. The predicted octanol–water partition coefficient (Wildman–Crippen LogP) is 2.98. The van der Waals surface area contributed by atoms with Crippen LogP contribution in [0.25, 0.3) is 6.08 Å². The van der Waals surface area contributed by atoms with Crippen molar-refractivity contribution in [3.8, 4) is 0 Å². The molecule has 0 fully saturated rings. The highest BCUT2D eigenvalue weighted by Gasteiger charge is 2.23. The Balaban J connectivity index is 2.48. The maximum Gasteiger partial charge on any atom is 0.123 e. The van der Waals surface area contributed by atoms with E-state index >= 15 is 0 Å². The van der Waals surface area contributed by atoms with Gasteiger partial charge in [-0.2, -0.15) is 0 Å². The van der Waals surface area contributed by atoms with Crippen molar-refractivity contribution in [2.45, 2.75) is 32.2 Å². The van der Waals surface area contributed by atoms with E-state index in [9.17, 15) is 9.50 Å². The van der Waals surface area contributed by atoms with E-state index in [1.54, 1.807) is 12.1 Å². The van der Waals surface area contributed by atoms with Crippen molar-refractivity contribution in [2.24, 2.45) is 0 Å². The molecule has 2 nitrogen and oxygen atoms in total. The van der Waals surface area contributed by atoms with E-state index in [1.165, 1.54) is 12.1 Å². The number of rotatable bonds is 7. The third kappa shape index (κ3) is 4.24. The molecule has 1 rings (SSSR count). The summed E-state index contributed by atoms with van der Waals surface area (Å²) in [5.41, 5.74) is 0.786. The van der Waals surface area contributed by atoms with E-state index in [4.69, 9.17) is 0 Å². The van der Waals surface area contributed by atoms with Gasteiger partial charge in [-0.15, -0.1) is 0 Å². The van der Waals surface area contributed by atoms with E-state index in [-0.39, 0.29) is 18.0 Å². The van der Waals surface area contributed by atoms with Gasteiger partial charge in [0.25, 0.3) is 0 Å². The summed E-state index contributed by atoms with van der Waals surface area (Å²) >= 11 is 0. The van der Waals surface area contributed by atoms with Crippen LogP contribution in [0.3, 0.4) is 0 Å². The van der Waals surface area contributed by atoms with Crippen LogP contribution in [0.15, 0.2) is 30.3 Å². The molecule has 3 heteroatoms. The first kappa shape index (κ1) is 14.9. The first-order chi connectivity index (χ1) is 8.65. The highest BCUT2D eigenvalue weighted by Crippen LogP contribution is 2.13. The lowest BCUT2D eigenvalue weighted by molar-refractivity contribution is 0.155. The highest BCUT2D eigenvalue weighted by molar-refractivity contribution is 5.48. The number of benzene rings is 1. The molecule has 0 atom stereocenters. The second-order valence-electron chi connectivity index (χ2n) is 4.48. The van der Waals surface area contributed by atoms with Crippen LogP contribution < -0.4 is 5.32 Å². The average molecular weight is 251 g/mol. The van der Waals surface area contributed by atoms with Gasteiger partial charge in [0, 0.05) is 12.1 Å². The number of aliphatic hydroxyl groups is 1. The molecular formula is C15H22FNO. The third-order valence-electron chi connectivity index (χ3n) is 3.43. The standard InChI is InChI=1S/C15H22FNO/c1-3-15(4-2,12-18)17-11-5-6-13-7-9-14(16)10-8-13/h5-10,17-18H,3-4,11-12H2,1-2H3/b6-5+. The van der Waals surface area contributed by atoms with E-state index in [2.05, 4.69) is 19.2 Å². The number of hydrogen-bond donors (Lipinski definition) is 2. The van der Waals surface area contributed by atoms with Crippen molar-refractivity contribution < 1.29 is 9.50 Å². The highest BCUT2D eigenvalue weighted by atomic mass is 19.1. The van der Waals surface area contributed by atoms with E-state index in [0.717, 1.165) is 18.4 Å². The lowest BCUT2D eigenvalue weighted by atomic mass is 9.94. The lowest BCUT2D eigenvalue weighted by Crippen LogP contribution is -2.47. The van der Waals surface area contributed by atoms with Crippen molar-refractivity contribution in [1.29, 1.82) is 0 Å². The summed E-state index contributed by atoms with van der Waals surface area (Å²) in [6.07, 6.45) is 5.72. The van der Waals surface area contributed by atoms with Crippen LogP contribution in [-0.4, -0.2) is 23.8 Å². The van der Waals surface area contributed by atoms with E-state index in [0.29, 0.717) is 6.54 Å². The van der Waals surface area contributed by atoms with Crippen molar-refractivity contribution in [3.63, 3.8) is 0 Å². The zero-order valence-corrected chi connectivity index (χ0v) is 11.1. The molecule has 0 aliphatic rings. The molecule has 0 radical (unpaired) electrons. The second kappa shape index (κ2) is 7.29. The summed E-state index contributed by atoms with van der Waals surface area (Å²) in [6.45, 7) is 4.97. The third-order valence-corrected chi connectivity index (χ3v) is 3.43. The Morgan fingerprint density at radius 3 is 2.33 bits per heavy atom. The summed E-state index contributed by atoms with van der Waals surface area (Å²) < 4.78 is 12.7. The van der Waals surface area contributed by atoms with Crippen molar-refractivity contribution in [1.82, 2.24) is 5.32 Å². The van der Waals surface area contributed by atoms with Gasteiger partial charge in [0.1, 0.15) is 5.82 Å².